The Hall–Kier alpha value is -3.32. The summed E-state index contributed by atoms with van der Waals surface area (Å²) in [6.45, 7) is 4.24. The van der Waals surface area contributed by atoms with Gasteiger partial charge in [-0.1, -0.05) is 49.9 Å². The molecular formula is C24H21FN4OS. The Morgan fingerprint density at radius 3 is 2.29 bits per heavy atom. The van der Waals surface area contributed by atoms with E-state index in [4.69, 9.17) is 0 Å². The number of pyridine rings is 1. The molecule has 0 unspecified atom stereocenters. The molecular weight excluding hydrogens is 411 g/mol. The Balaban J connectivity index is 1.61. The Morgan fingerprint density at radius 1 is 0.968 bits per heavy atom. The molecule has 2 aromatic carbocycles. The number of nitrogens with zero attached hydrogens (tertiary/aromatic N) is 4. The molecule has 31 heavy (non-hydrogen) atoms. The first kappa shape index (κ1) is 20.9. The van der Waals surface area contributed by atoms with Crippen LogP contribution in [0, 0.1) is 5.82 Å². The van der Waals surface area contributed by atoms with E-state index in [-0.39, 0.29) is 17.4 Å². The van der Waals surface area contributed by atoms with Crippen molar-refractivity contribution in [2.45, 2.75) is 24.9 Å². The lowest BCUT2D eigenvalue weighted by molar-refractivity contribution is 0.102. The first-order valence-electron chi connectivity index (χ1n) is 9.90. The number of halogens is 1. The van der Waals surface area contributed by atoms with Crippen molar-refractivity contribution in [1.29, 1.82) is 0 Å². The van der Waals surface area contributed by atoms with Crippen molar-refractivity contribution < 1.29 is 9.18 Å². The van der Waals surface area contributed by atoms with Crippen LogP contribution in [0.15, 0.2) is 78.2 Å². The van der Waals surface area contributed by atoms with E-state index in [0.29, 0.717) is 22.5 Å². The lowest BCUT2D eigenvalue weighted by atomic mass is 10.0. The maximum absolute atomic E-state index is 13.5. The summed E-state index contributed by atoms with van der Waals surface area (Å²) < 4.78 is 15.3. The predicted molar refractivity (Wildman–Crippen MR) is 120 cm³/mol. The summed E-state index contributed by atoms with van der Waals surface area (Å²) in [5.41, 5.74) is 3.41. The van der Waals surface area contributed by atoms with E-state index in [0.717, 1.165) is 11.3 Å². The average Bonchev–Trinajstić information content (AvgIpc) is 3.22. The van der Waals surface area contributed by atoms with Gasteiger partial charge >= 0.3 is 0 Å². The van der Waals surface area contributed by atoms with Gasteiger partial charge in [0.05, 0.1) is 5.75 Å². The second-order valence-electron chi connectivity index (χ2n) is 7.34. The quantitative estimate of drug-likeness (QED) is 0.282. The molecule has 4 aromatic rings. The Morgan fingerprint density at radius 2 is 1.65 bits per heavy atom. The topological polar surface area (TPSA) is 60.7 Å². The minimum absolute atomic E-state index is 0.0134. The predicted octanol–water partition coefficient (Wildman–Crippen LogP) is 5.57. The van der Waals surface area contributed by atoms with Crippen LogP contribution < -0.4 is 0 Å². The third-order valence-electron chi connectivity index (χ3n) is 4.89. The Labute approximate surface area is 184 Å². The van der Waals surface area contributed by atoms with Crippen molar-refractivity contribution in [3.8, 4) is 17.1 Å². The minimum atomic E-state index is -0.323. The standard InChI is InChI=1S/C24H21FN4OS/c1-16(2)17-3-5-18(6-4-17)22(30)15-31-24-28-27-23(19-11-13-26-14-12-19)29(24)21-9-7-20(25)8-10-21/h3-14,16H,15H2,1-2H3. The molecule has 0 fully saturated rings. The highest BCUT2D eigenvalue weighted by Gasteiger charge is 2.18. The normalized spacial score (nSPS) is 11.1. The molecule has 0 saturated carbocycles. The summed E-state index contributed by atoms with van der Waals surface area (Å²) in [5.74, 6) is 0.928. The monoisotopic (exact) mass is 432 g/mol. The van der Waals surface area contributed by atoms with Gasteiger partial charge < -0.3 is 0 Å². The van der Waals surface area contributed by atoms with Crippen molar-refractivity contribution >= 4 is 17.5 Å². The molecule has 7 heteroatoms. The number of hydrogen-bond acceptors (Lipinski definition) is 5. The fourth-order valence-corrected chi connectivity index (χ4v) is 3.99. The minimum Gasteiger partial charge on any atom is -0.293 e. The number of rotatable bonds is 7. The van der Waals surface area contributed by atoms with Gasteiger partial charge in [0.25, 0.3) is 0 Å². The summed E-state index contributed by atoms with van der Waals surface area (Å²) in [4.78, 5) is 16.8. The van der Waals surface area contributed by atoms with Crippen LogP contribution in [0.2, 0.25) is 0 Å². The van der Waals surface area contributed by atoms with Crippen molar-refractivity contribution in [1.82, 2.24) is 19.7 Å². The smallest absolute Gasteiger partial charge is 0.196 e. The van der Waals surface area contributed by atoms with E-state index in [1.807, 2.05) is 41.0 Å². The molecule has 0 aliphatic carbocycles. The maximum atomic E-state index is 13.5. The SMILES string of the molecule is CC(C)c1ccc(C(=O)CSc2nnc(-c3ccncc3)n2-c2ccc(F)cc2)cc1. The van der Waals surface area contributed by atoms with Gasteiger partial charge in [0.2, 0.25) is 0 Å². The summed E-state index contributed by atoms with van der Waals surface area (Å²) in [6.07, 6.45) is 3.35. The van der Waals surface area contributed by atoms with E-state index < -0.39 is 0 Å². The zero-order chi connectivity index (χ0) is 21.8. The van der Waals surface area contributed by atoms with Gasteiger partial charge in [0.1, 0.15) is 5.82 Å². The van der Waals surface area contributed by atoms with Crippen LogP contribution >= 0.6 is 11.8 Å². The van der Waals surface area contributed by atoms with E-state index >= 15 is 0 Å². The summed E-state index contributed by atoms with van der Waals surface area (Å²) >= 11 is 1.31. The molecule has 4 rings (SSSR count). The summed E-state index contributed by atoms with van der Waals surface area (Å²) in [7, 11) is 0. The molecule has 0 saturated heterocycles. The third-order valence-corrected chi connectivity index (χ3v) is 5.82. The average molecular weight is 433 g/mol. The van der Waals surface area contributed by atoms with Gasteiger partial charge in [-0.2, -0.15) is 0 Å². The molecule has 0 amide bonds. The molecule has 0 aliphatic heterocycles. The second-order valence-corrected chi connectivity index (χ2v) is 8.28. The third kappa shape index (κ3) is 4.72. The van der Waals surface area contributed by atoms with E-state index in [1.54, 1.807) is 24.5 Å². The lowest BCUT2D eigenvalue weighted by Gasteiger charge is -2.10. The summed E-state index contributed by atoms with van der Waals surface area (Å²) in [6, 6.07) is 17.5. The Bertz CT molecular complexity index is 1170. The van der Waals surface area contributed by atoms with Crippen LogP contribution in [0.4, 0.5) is 4.39 Å². The number of benzene rings is 2. The van der Waals surface area contributed by atoms with Crippen molar-refractivity contribution in [3.05, 3.63) is 90.0 Å². The van der Waals surface area contributed by atoms with Gasteiger partial charge in [-0.3, -0.25) is 14.3 Å². The van der Waals surface area contributed by atoms with Crippen LogP contribution in [0.5, 0.6) is 0 Å². The van der Waals surface area contributed by atoms with E-state index in [9.17, 15) is 9.18 Å². The van der Waals surface area contributed by atoms with Gasteiger partial charge in [-0.15, -0.1) is 10.2 Å². The van der Waals surface area contributed by atoms with Crippen molar-refractivity contribution in [2.24, 2.45) is 0 Å². The number of carbonyl (C=O) groups excluding carboxylic acids is 1. The van der Waals surface area contributed by atoms with E-state index in [1.165, 1.54) is 29.5 Å². The molecule has 0 radical (unpaired) electrons. The first-order valence-corrected chi connectivity index (χ1v) is 10.9. The molecule has 0 bridgehead atoms. The zero-order valence-electron chi connectivity index (χ0n) is 17.2. The van der Waals surface area contributed by atoms with Gasteiger partial charge in [0.15, 0.2) is 16.8 Å². The zero-order valence-corrected chi connectivity index (χ0v) is 18.0. The fraction of sp³-hybridized carbons (Fsp3) is 0.167. The van der Waals surface area contributed by atoms with Crippen LogP contribution in [-0.2, 0) is 0 Å². The fourth-order valence-electron chi connectivity index (χ4n) is 3.14. The number of carbonyl (C=O) groups is 1. The maximum Gasteiger partial charge on any atom is 0.196 e. The number of Topliss-reactive ketones (excluding diaryl/α,β-unsaturated/α-hetero) is 1. The van der Waals surface area contributed by atoms with Crippen molar-refractivity contribution in [2.75, 3.05) is 5.75 Å². The van der Waals surface area contributed by atoms with Crippen molar-refractivity contribution in [3.63, 3.8) is 0 Å². The lowest BCUT2D eigenvalue weighted by Crippen LogP contribution is -2.05. The van der Waals surface area contributed by atoms with Crippen LogP contribution in [0.1, 0.15) is 35.7 Å². The number of ketones is 1. The molecule has 0 atom stereocenters. The van der Waals surface area contributed by atoms with Gasteiger partial charge in [-0.05, 0) is 47.9 Å². The Kier molecular flexibility index (Phi) is 6.23. The molecule has 156 valence electrons. The molecule has 5 nitrogen and oxygen atoms in total. The second kappa shape index (κ2) is 9.22. The van der Waals surface area contributed by atoms with Crippen LogP contribution in [0.3, 0.4) is 0 Å². The molecule has 0 aliphatic rings. The highest BCUT2D eigenvalue weighted by molar-refractivity contribution is 7.99. The van der Waals surface area contributed by atoms with Gasteiger partial charge in [-0.25, -0.2) is 4.39 Å². The molecule has 2 heterocycles. The number of aromatic nitrogens is 4. The number of hydrogen-bond donors (Lipinski definition) is 0. The molecule has 0 spiro atoms. The largest absolute Gasteiger partial charge is 0.293 e. The molecule has 0 N–H and O–H groups in total. The van der Waals surface area contributed by atoms with Crippen LogP contribution in [-0.4, -0.2) is 31.3 Å². The van der Waals surface area contributed by atoms with E-state index in [2.05, 4.69) is 29.0 Å². The highest BCUT2D eigenvalue weighted by atomic mass is 32.2. The van der Waals surface area contributed by atoms with Crippen LogP contribution in [0.25, 0.3) is 17.1 Å². The van der Waals surface area contributed by atoms with Gasteiger partial charge in [0, 0.05) is 29.2 Å². The first-order chi connectivity index (χ1) is 15.0. The molecule has 2 aromatic heterocycles. The number of thioether (sulfide) groups is 1. The highest BCUT2D eigenvalue weighted by Crippen LogP contribution is 2.28. The summed E-state index contributed by atoms with van der Waals surface area (Å²) in [5, 5.41) is 9.19.